The Balaban J connectivity index is 2.52. The quantitative estimate of drug-likeness (QED) is 0.769. The third-order valence-electron chi connectivity index (χ3n) is 2.92. The highest BCUT2D eigenvalue weighted by Crippen LogP contribution is 2.19. The minimum atomic E-state index is 0.532. The largest absolute Gasteiger partial charge is 0.367 e. The van der Waals surface area contributed by atoms with Crippen molar-refractivity contribution < 1.29 is 0 Å². The highest BCUT2D eigenvalue weighted by atomic mass is 35.5. The Bertz CT molecular complexity index is 383. The summed E-state index contributed by atoms with van der Waals surface area (Å²) in [6.07, 6.45) is 2.66. The van der Waals surface area contributed by atoms with Crippen LogP contribution in [0.1, 0.15) is 27.2 Å². The minimum Gasteiger partial charge on any atom is -0.367 e. The van der Waals surface area contributed by atoms with Crippen molar-refractivity contribution >= 4 is 23.4 Å². The topological polar surface area (TPSA) is 53.1 Å². The molecule has 0 aliphatic rings. The second-order valence-electron chi connectivity index (χ2n) is 4.82. The first-order valence-electron chi connectivity index (χ1n) is 6.75. The van der Waals surface area contributed by atoms with Crippen LogP contribution in [0.25, 0.3) is 0 Å². The number of likely N-dealkylation sites (N-methyl/N-ethyl adjacent to an activating group) is 1. The van der Waals surface area contributed by atoms with E-state index < -0.39 is 0 Å². The molecule has 0 fully saturated rings. The fourth-order valence-corrected chi connectivity index (χ4v) is 1.58. The lowest BCUT2D eigenvalue weighted by atomic mass is 10.3. The van der Waals surface area contributed by atoms with Crippen molar-refractivity contribution in [2.45, 2.75) is 33.2 Å². The Morgan fingerprint density at radius 2 is 2.05 bits per heavy atom. The van der Waals surface area contributed by atoms with Gasteiger partial charge in [-0.15, -0.1) is 0 Å². The summed E-state index contributed by atoms with van der Waals surface area (Å²) in [6.45, 7) is 9.05. The van der Waals surface area contributed by atoms with Crippen molar-refractivity contribution in [3.63, 3.8) is 0 Å². The van der Waals surface area contributed by atoms with Crippen molar-refractivity contribution in [2.24, 2.45) is 0 Å². The molecule has 19 heavy (non-hydrogen) atoms. The minimum absolute atomic E-state index is 0.532. The smallest absolute Gasteiger partial charge is 0.224 e. The predicted molar refractivity (Wildman–Crippen MR) is 82.1 cm³/mol. The normalized spacial score (nSPS) is 11.1. The van der Waals surface area contributed by atoms with Gasteiger partial charge in [0.05, 0.1) is 6.20 Å². The Kier molecular flexibility index (Phi) is 6.87. The third-order valence-corrected chi connectivity index (χ3v) is 3.19. The maximum atomic E-state index is 6.08. The van der Waals surface area contributed by atoms with Crippen LogP contribution in [0.5, 0.6) is 0 Å². The van der Waals surface area contributed by atoms with Crippen molar-refractivity contribution in [1.29, 1.82) is 0 Å². The number of anilines is 2. The summed E-state index contributed by atoms with van der Waals surface area (Å²) in [5, 5.41) is 6.95. The lowest BCUT2D eigenvalue weighted by Gasteiger charge is -2.21. The molecule has 2 N–H and O–H groups in total. The van der Waals surface area contributed by atoms with Gasteiger partial charge in [-0.05, 0) is 27.3 Å². The van der Waals surface area contributed by atoms with Gasteiger partial charge in [0.1, 0.15) is 5.02 Å². The molecule has 0 radical (unpaired) electrons. The van der Waals surface area contributed by atoms with E-state index in [1.54, 1.807) is 6.20 Å². The lowest BCUT2D eigenvalue weighted by Crippen LogP contribution is -2.31. The number of halogens is 1. The standard InChI is InChI=1S/C13H24ClN5/c1-5-6-16-13-17-9-11(14)12(18-13)15-7-8-19(4)10(2)3/h9-10H,5-8H2,1-4H3,(H2,15,16,17,18). The van der Waals surface area contributed by atoms with Crippen LogP contribution in [0.2, 0.25) is 5.02 Å². The van der Waals surface area contributed by atoms with Crippen LogP contribution in [0.3, 0.4) is 0 Å². The second kappa shape index (κ2) is 8.17. The highest BCUT2D eigenvalue weighted by molar-refractivity contribution is 6.32. The van der Waals surface area contributed by atoms with Gasteiger partial charge in [-0.1, -0.05) is 18.5 Å². The number of nitrogens with zero attached hydrogens (tertiary/aromatic N) is 3. The molecule has 0 aliphatic carbocycles. The molecule has 1 heterocycles. The lowest BCUT2D eigenvalue weighted by molar-refractivity contribution is 0.284. The van der Waals surface area contributed by atoms with E-state index in [1.165, 1.54) is 0 Å². The summed E-state index contributed by atoms with van der Waals surface area (Å²) < 4.78 is 0. The van der Waals surface area contributed by atoms with E-state index in [1.807, 2.05) is 0 Å². The van der Waals surface area contributed by atoms with Gasteiger partial charge in [0, 0.05) is 25.7 Å². The first-order valence-corrected chi connectivity index (χ1v) is 7.13. The van der Waals surface area contributed by atoms with E-state index in [2.05, 4.69) is 53.3 Å². The summed E-state index contributed by atoms with van der Waals surface area (Å²) in [7, 11) is 2.10. The van der Waals surface area contributed by atoms with Gasteiger partial charge in [0.15, 0.2) is 5.82 Å². The van der Waals surface area contributed by atoms with E-state index in [4.69, 9.17) is 11.6 Å². The zero-order valence-corrected chi connectivity index (χ0v) is 13.0. The average Bonchev–Trinajstić information content (AvgIpc) is 2.39. The van der Waals surface area contributed by atoms with E-state index >= 15 is 0 Å². The van der Waals surface area contributed by atoms with Gasteiger partial charge >= 0.3 is 0 Å². The van der Waals surface area contributed by atoms with Crippen molar-refractivity contribution in [2.75, 3.05) is 37.3 Å². The molecule has 0 aliphatic heterocycles. The van der Waals surface area contributed by atoms with Gasteiger partial charge in [-0.25, -0.2) is 4.98 Å². The van der Waals surface area contributed by atoms with Crippen LogP contribution < -0.4 is 10.6 Å². The summed E-state index contributed by atoms with van der Waals surface area (Å²) in [4.78, 5) is 10.8. The molecular formula is C13H24ClN5. The first kappa shape index (κ1) is 16.0. The number of hydrogen-bond donors (Lipinski definition) is 2. The van der Waals surface area contributed by atoms with Crippen molar-refractivity contribution in [3.8, 4) is 0 Å². The Morgan fingerprint density at radius 3 is 2.68 bits per heavy atom. The molecule has 0 bridgehead atoms. The highest BCUT2D eigenvalue weighted by Gasteiger charge is 2.06. The number of hydrogen-bond acceptors (Lipinski definition) is 5. The molecule has 0 spiro atoms. The fourth-order valence-electron chi connectivity index (χ4n) is 1.42. The summed E-state index contributed by atoms with van der Waals surface area (Å²) >= 11 is 6.08. The zero-order chi connectivity index (χ0) is 14.3. The van der Waals surface area contributed by atoms with E-state index in [0.29, 0.717) is 22.8 Å². The van der Waals surface area contributed by atoms with Crippen LogP contribution in [-0.2, 0) is 0 Å². The Hall–Kier alpha value is -1.07. The van der Waals surface area contributed by atoms with E-state index in [-0.39, 0.29) is 0 Å². The summed E-state index contributed by atoms with van der Waals surface area (Å²) in [5.74, 6) is 1.30. The molecule has 0 saturated carbocycles. The maximum Gasteiger partial charge on any atom is 0.224 e. The number of nitrogens with one attached hydrogen (secondary N) is 2. The monoisotopic (exact) mass is 285 g/mol. The van der Waals surface area contributed by atoms with Gasteiger partial charge < -0.3 is 15.5 Å². The van der Waals surface area contributed by atoms with E-state index in [9.17, 15) is 0 Å². The van der Waals surface area contributed by atoms with Crippen LogP contribution in [-0.4, -0.2) is 47.6 Å². The van der Waals surface area contributed by atoms with Crippen LogP contribution >= 0.6 is 11.6 Å². The molecule has 0 amide bonds. The maximum absolute atomic E-state index is 6.08. The average molecular weight is 286 g/mol. The molecule has 0 atom stereocenters. The molecule has 0 saturated heterocycles. The molecule has 0 unspecified atom stereocenters. The number of rotatable bonds is 8. The van der Waals surface area contributed by atoms with Crippen molar-refractivity contribution in [3.05, 3.63) is 11.2 Å². The fraction of sp³-hybridized carbons (Fsp3) is 0.692. The molecule has 6 heteroatoms. The molecule has 1 rings (SSSR count). The Labute approximate surface area is 120 Å². The molecule has 1 aromatic rings. The van der Waals surface area contributed by atoms with Gasteiger partial charge in [-0.2, -0.15) is 4.98 Å². The molecule has 1 aromatic heterocycles. The van der Waals surface area contributed by atoms with Crippen LogP contribution in [0.4, 0.5) is 11.8 Å². The van der Waals surface area contributed by atoms with Gasteiger partial charge in [-0.3, -0.25) is 0 Å². The van der Waals surface area contributed by atoms with Crippen LogP contribution in [0, 0.1) is 0 Å². The molecule has 5 nitrogen and oxygen atoms in total. The Morgan fingerprint density at radius 1 is 1.32 bits per heavy atom. The third kappa shape index (κ3) is 5.61. The molecular weight excluding hydrogens is 262 g/mol. The van der Waals surface area contributed by atoms with Crippen molar-refractivity contribution in [1.82, 2.24) is 14.9 Å². The van der Waals surface area contributed by atoms with Crippen LogP contribution in [0.15, 0.2) is 6.20 Å². The molecule has 0 aromatic carbocycles. The molecule has 108 valence electrons. The second-order valence-corrected chi connectivity index (χ2v) is 5.23. The summed E-state index contributed by atoms with van der Waals surface area (Å²) in [6, 6.07) is 0.532. The zero-order valence-electron chi connectivity index (χ0n) is 12.2. The van der Waals surface area contributed by atoms with Gasteiger partial charge in [0.2, 0.25) is 5.95 Å². The first-order chi connectivity index (χ1) is 9.04. The SMILES string of the molecule is CCCNc1ncc(Cl)c(NCCN(C)C(C)C)n1. The van der Waals surface area contributed by atoms with E-state index in [0.717, 1.165) is 26.1 Å². The summed E-state index contributed by atoms with van der Waals surface area (Å²) in [5.41, 5.74) is 0. The van der Waals surface area contributed by atoms with Gasteiger partial charge in [0.25, 0.3) is 0 Å². The predicted octanol–water partition coefficient (Wildman–Crippen LogP) is 2.70. The number of aromatic nitrogens is 2.